The molecular formula is C18H26N2. The van der Waals surface area contributed by atoms with Crippen LogP contribution in [-0.4, -0.2) is 28.2 Å². The van der Waals surface area contributed by atoms with Gasteiger partial charge >= 0.3 is 0 Å². The van der Waals surface area contributed by atoms with Crippen molar-refractivity contribution in [2.24, 2.45) is 0 Å². The van der Waals surface area contributed by atoms with E-state index in [1.807, 2.05) is 14.1 Å². The maximum Gasteiger partial charge on any atom is 0.0363 e. The fourth-order valence-corrected chi connectivity index (χ4v) is 1.75. The van der Waals surface area contributed by atoms with E-state index in [2.05, 4.69) is 86.3 Å². The van der Waals surface area contributed by atoms with Crippen LogP contribution in [0.4, 0.5) is 11.4 Å². The first-order valence-corrected chi connectivity index (χ1v) is 6.88. The van der Waals surface area contributed by atoms with Crippen LogP contribution in [0.15, 0.2) is 48.5 Å². The topological polar surface area (TPSA) is 6.48 Å². The molecule has 0 fully saturated rings. The minimum atomic E-state index is 1.26. The van der Waals surface area contributed by atoms with Crippen molar-refractivity contribution in [1.29, 1.82) is 0 Å². The number of anilines is 2. The minimum absolute atomic E-state index is 1.26. The Hall–Kier alpha value is -1.96. The molecule has 0 bridgehead atoms. The molecule has 0 aliphatic rings. The lowest BCUT2D eigenvalue weighted by Gasteiger charge is -2.11. The second-order valence-electron chi connectivity index (χ2n) is 5.46. The van der Waals surface area contributed by atoms with E-state index in [1.54, 1.807) is 0 Å². The Labute approximate surface area is 123 Å². The van der Waals surface area contributed by atoms with Gasteiger partial charge in [0.15, 0.2) is 0 Å². The molecule has 108 valence electrons. The van der Waals surface area contributed by atoms with Crippen LogP contribution in [0.3, 0.4) is 0 Å². The Morgan fingerprint density at radius 1 is 0.600 bits per heavy atom. The maximum atomic E-state index is 2.17. The van der Waals surface area contributed by atoms with E-state index in [0.717, 1.165) is 0 Å². The second kappa shape index (κ2) is 7.59. The van der Waals surface area contributed by atoms with Crippen molar-refractivity contribution >= 4 is 11.4 Å². The lowest BCUT2D eigenvalue weighted by atomic mass is 10.2. The van der Waals surface area contributed by atoms with Gasteiger partial charge in [-0.05, 0) is 43.7 Å². The Balaban J connectivity index is 0.000000200. The standard InChI is InChI=1S/2C9H13N/c1-8-4-6-9(7-5-8)10(2)3;1-8-5-4-6-9(7-8)10(2)3/h2*4-7H,1-3H3. The Morgan fingerprint density at radius 3 is 1.55 bits per heavy atom. The van der Waals surface area contributed by atoms with Crippen molar-refractivity contribution in [3.63, 3.8) is 0 Å². The predicted molar refractivity (Wildman–Crippen MR) is 91.0 cm³/mol. The summed E-state index contributed by atoms with van der Waals surface area (Å²) in [5.41, 5.74) is 5.14. The molecule has 0 amide bonds. The molecule has 2 aromatic rings. The molecule has 0 aromatic heterocycles. The van der Waals surface area contributed by atoms with Crippen LogP contribution in [-0.2, 0) is 0 Å². The molecule has 20 heavy (non-hydrogen) atoms. The molecule has 0 heterocycles. The molecule has 0 N–H and O–H groups in total. The van der Waals surface area contributed by atoms with Gasteiger partial charge in [-0.3, -0.25) is 0 Å². The number of rotatable bonds is 2. The highest BCUT2D eigenvalue weighted by atomic mass is 15.1. The van der Waals surface area contributed by atoms with E-state index in [1.165, 1.54) is 22.5 Å². The zero-order valence-corrected chi connectivity index (χ0v) is 13.5. The predicted octanol–water partition coefficient (Wildman–Crippen LogP) is 4.12. The normalized spacial score (nSPS) is 9.50. The molecule has 0 unspecified atom stereocenters. The zero-order chi connectivity index (χ0) is 15.1. The molecule has 2 nitrogen and oxygen atoms in total. The fraction of sp³-hybridized carbons (Fsp3) is 0.333. The summed E-state index contributed by atoms with van der Waals surface area (Å²) in [7, 11) is 8.19. The monoisotopic (exact) mass is 270 g/mol. The van der Waals surface area contributed by atoms with Crippen molar-refractivity contribution in [3.05, 3.63) is 59.7 Å². The van der Waals surface area contributed by atoms with Gasteiger partial charge in [0, 0.05) is 39.6 Å². The molecule has 2 aromatic carbocycles. The zero-order valence-electron chi connectivity index (χ0n) is 13.5. The summed E-state index contributed by atoms with van der Waals surface area (Å²) >= 11 is 0. The van der Waals surface area contributed by atoms with Crippen LogP contribution in [0.25, 0.3) is 0 Å². The summed E-state index contributed by atoms with van der Waals surface area (Å²) in [4.78, 5) is 4.20. The quantitative estimate of drug-likeness (QED) is 0.810. The van der Waals surface area contributed by atoms with E-state index < -0.39 is 0 Å². The molecule has 0 aliphatic heterocycles. The SMILES string of the molecule is Cc1ccc(N(C)C)cc1.Cc1cccc(N(C)C)c1. The molecule has 0 aliphatic carbocycles. The molecule has 0 atom stereocenters. The Kier molecular flexibility index (Phi) is 6.10. The number of hydrogen-bond donors (Lipinski definition) is 0. The third-order valence-electron chi connectivity index (χ3n) is 3.07. The van der Waals surface area contributed by atoms with Gasteiger partial charge in [-0.15, -0.1) is 0 Å². The van der Waals surface area contributed by atoms with Crippen LogP contribution in [0.2, 0.25) is 0 Å². The number of benzene rings is 2. The van der Waals surface area contributed by atoms with Crippen molar-refractivity contribution < 1.29 is 0 Å². The average molecular weight is 270 g/mol. The highest BCUT2D eigenvalue weighted by molar-refractivity contribution is 5.47. The summed E-state index contributed by atoms with van der Waals surface area (Å²) in [5.74, 6) is 0. The van der Waals surface area contributed by atoms with Crippen molar-refractivity contribution in [2.45, 2.75) is 13.8 Å². The molecule has 0 spiro atoms. The van der Waals surface area contributed by atoms with Gasteiger partial charge < -0.3 is 9.80 Å². The van der Waals surface area contributed by atoms with E-state index in [9.17, 15) is 0 Å². The van der Waals surface area contributed by atoms with E-state index in [4.69, 9.17) is 0 Å². The van der Waals surface area contributed by atoms with E-state index >= 15 is 0 Å². The summed E-state index contributed by atoms with van der Waals surface area (Å²) in [5, 5.41) is 0. The van der Waals surface area contributed by atoms with Crippen LogP contribution in [0, 0.1) is 13.8 Å². The molecule has 2 rings (SSSR count). The van der Waals surface area contributed by atoms with Gasteiger partial charge in [0.2, 0.25) is 0 Å². The van der Waals surface area contributed by atoms with Gasteiger partial charge in [0.25, 0.3) is 0 Å². The van der Waals surface area contributed by atoms with Gasteiger partial charge in [-0.25, -0.2) is 0 Å². The summed E-state index contributed by atoms with van der Waals surface area (Å²) in [6, 6.07) is 16.9. The third kappa shape index (κ3) is 5.35. The average Bonchev–Trinajstić information content (AvgIpc) is 2.40. The number of hydrogen-bond acceptors (Lipinski definition) is 2. The van der Waals surface area contributed by atoms with Crippen LogP contribution in [0.5, 0.6) is 0 Å². The first-order valence-electron chi connectivity index (χ1n) is 6.88. The Morgan fingerprint density at radius 2 is 1.15 bits per heavy atom. The highest BCUT2D eigenvalue weighted by Gasteiger charge is 1.92. The fourth-order valence-electron chi connectivity index (χ4n) is 1.75. The first kappa shape index (κ1) is 16.1. The van der Waals surface area contributed by atoms with Crippen LogP contribution >= 0.6 is 0 Å². The maximum absolute atomic E-state index is 2.17. The third-order valence-corrected chi connectivity index (χ3v) is 3.07. The van der Waals surface area contributed by atoms with Gasteiger partial charge in [0.1, 0.15) is 0 Å². The first-order chi connectivity index (χ1) is 9.40. The van der Waals surface area contributed by atoms with Crippen molar-refractivity contribution in [2.75, 3.05) is 38.0 Å². The van der Waals surface area contributed by atoms with Crippen molar-refractivity contribution in [3.8, 4) is 0 Å². The van der Waals surface area contributed by atoms with Gasteiger partial charge in [0.05, 0.1) is 0 Å². The largest absolute Gasteiger partial charge is 0.378 e. The summed E-state index contributed by atoms with van der Waals surface area (Å²) < 4.78 is 0. The van der Waals surface area contributed by atoms with Gasteiger partial charge in [-0.2, -0.15) is 0 Å². The molecular weight excluding hydrogens is 244 g/mol. The van der Waals surface area contributed by atoms with Gasteiger partial charge in [-0.1, -0.05) is 29.8 Å². The molecule has 0 radical (unpaired) electrons. The van der Waals surface area contributed by atoms with Crippen LogP contribution < -0.4 is 9.80 Å². The van der Waals surface area contributed by atoms with Crippen LogP contribution in [0.1, 0.15) is 11.1 Å². The lowest BCUT2D eigenvalue weighted by Crippen LogP contribution is -2.08. The van der Waals surface area contributed by atoms with Crippen molar-refractivity contribution in [1.82, 2.24) is 0 Å². The van der Waals surface area contributed by atoms with E-state index in [-0.39, 0.29) is 0 Å². The summed E-state index contributed by atoms with van der Waals surface area (Å²) in [6.07, 6.45) is 0. The summed E-state index contributed by atoms with van der Waals surface area (Å²) in [6.45, 7) is 4.20. The molecule has 0 saturated carbocycles. The van der Waals surface area contributed by atoms with E-state index in [0.29, 0.717) is 0 Å². The second-order valence-corrected chi connectivity index (χ2v) is 5.46. The lowest BCUT2D eigenvalue weighted by molar-refractivity contribution is 1.13. The minimum Gasteiger partial charge on any atom is -0.378 e. The smallest absolute Gasteiger partial charge is 0.0363 e. The molecule has 2 heteroatoms. The Bertz CT molecular complexity index is 513. The number of nitrogens with zero attached hydrogens (tertiary/aromatic N) is 2. The molecule has 0 saturated heterocycles. The highest BCUT2D eigenvalue weighted by Crippen LogP contribution is 2.12. The number of aryl methyl sites for hydroxylation is 2.